The average molecular weight is 398 g/mol. The minimum atomic E-state index is -0.312. The number of benzene rings is 3. The maximum absolute atomic E-state index is 13.4. The van der Waals surface area contributed by atoms with E-state index in [1.807, 2.05) is 59.3 Å². The fourth-order valence-corrected chi connectivity index (χ4v) is 3.71. The summed E-state index contributed by atoms with van der Waals surface area (Å²) in [7, 11) is 0. The van der Waals surface area contributed by atoms with Crippen LogP contribution < -0.4 is 4.84 Å². The molecule has 5 rings (SSSR count). The first-order valence-electron chi connectivity index (χ1n) is 9.69. The van der Waals surface area contributed by atoms with E-state index in [1.54, 1.807) is 29.8 Å². The normalized spacial score (nSPS) is 18.3. The van der Waals surface area contributed by atoms with E-state index in [9.17, 15) is 4.39 Å². The molecule has 2 atom stereocenters. The number of rotatable bonds is 5. The molecule has 1 aliphatic rings. The number of hydroxylamine groups is 1. The van der Waals surface area contributed by atoms with Crippen molar-refractivity contribution in [3.05, 3.63) is 121 Å². The van der Waals surface area contributed by atoms with Gasteiger partial charge >= 0.3 is 0 Å². The number of hydrogen-bond acceptors (Lipinski definition) is 4. The van der Waals surface area contributed by atoms with E-state index in [2.05, 4.69) is 17.1 Å². The first kappa shape index (κ1) is 18.1. The van der Waals surface area contributed by atoms with Gasteiger partial charge < -0.3 is 9.40 Å². The third-order valence-electron chi connectivity index (χ3n) is 5.09. The van der Waals surface area contributed by atoms with E-state index >= 15 is 0 Å². The molecular weight excluding hydrogens is 379 g/mol. The zero-order chi connectivity index (χ0) is 20.3. The van der Waals surface area contributed by atoms with Crippen LogP contribution in [-0.2, 0) is 0 Å². The molecule has 3 aromatic carbocycles. The Balaban J connectivity index is 1.62. The van der Waals surface area contributed by atoms with Crippen molar-refractivity contribution in [3.8, 4) is 5.75 Å². The fraction of sp³-hybridized carbons (Fsp3) is 0.0833. The van der Waals surface area contributed by atoms with Crippen LogP contribution in [0.4, 0.5) is 4.39 Å². The van der Waals surface area contributed by atoms with Crippen molar-refractivity contribution in [2.75, 3.05) is 0 Å². The standard InChI is InChI=1S/C24H19FN4O/c25-20-11-13-21(14-12-20)30-29-23(19-9-5-2-6-10-19)24(28-16-15-26-17-28)22(27-29)18-7-3-1-4-8-18/h1-17,23-24H. The van der Waals surface area contributed by atoms with Gasteiger partial charge in [-0.25, -0.2) is 9.37 Å². The van der Waals surface area contributed by atoms with Gasteiger partial charge in [-0.05, 0) is 29.8 Å². The van der Waals surface area contributed by atoms with Crippen molar-refractivity contribution in [2.24, 2.45) is 5.10 Å². The molecule has 2 unspecified atom stereocenters. The molecule has 0 fully saturated rings. The highest BCUT2D eigenvalue weighted by Gasteiger charge is 2.41. The number of halogens is 1. The van der Waals surface area contributed by atoms with E-state index in [4.69, 9.17) is 9.94 Å². The van der Waals surface area contributed by atoms with Crippen LogP contribution in [0, 0.1) is 5.82 Å². The Kier molecular flexibility index (Phi) is 4.73. The Hall–Kier alpha value is -3.93. The minimum absolute atomic E-state index is 0.155. The SMILES string of the molecule is Fc1ccc(ON2N=C(c3ccccc3)C(n3ccnc3)C2c2ccccc2)cc1. The fourth-order valence-electron chi connectivity index (χ4n) is 3.71. The van der Waals surface area contributed by atoms with Gasteiger partial charge in [0.25, 0.3) is 0 Å². The summed E-state index contributed by atoms with van der Waals surface area (Å²) in [6.07, 6.45) is 5.48. The van der Waals surface area contributed by atoms with Crippen molar-refractivity contribution in [1.82, 2.24) is 14.7 Å². The van der Waals surface area contributed by atoms with Crippen molar-refractivity contribution >= 4 is 5.71 Å². The molecule has 0 bridgehead atoms. The van der Waals surface area contributed by atoms with Crippen molar-refractivity contribution < 1.29 is 9.23 Å². The van der Waals surface area contributed by atoms with Gasteiger partial charge in [0.15, 0.2) is 5.75 Å². The maximum atomic E-state index is 13.4. The van der Waals surface area contributed by atoms with Gasteiger partial charge in [-0.2, -0.15) is 0 Å². The number of hydrogen-bond donors (Lipinski definition) is 0. The zero-order valence-electron chi connectivity index (χ0n) is 16.0. The van der Waals surface area contributed by atoms with Gasteiger partial charge in [0.2, 0.25) is 0 Å². The van der Waals surface area contributed by atoms with Crippen LogP contribution in [0.15, 0.2) is 109 Å². The molecule has 0 radical (unpaired) electrons. The molecule has 0 saturated carbocycles. The summed E-state index contributed by atoms with van der Waals surface area (Å²) in [6.45, 7) is 0. The predicted octanol–water partition coefficient (Wildman–Crippen LogP) is 5.02. The lowest BCUT2D eigenvalue weighted by molar-refractivity contribution is -0.0923. The molecule has 0 N–H and O–H groups in total. The quantitative estimate of drug-likeness (QED) is 0.474. The van der Waals surface area contributed by atoms with Crippen molar-refractivity contribution in [1.29, 1.82) is 0 Å². The van der Waals surface area contributed by atoms with Gasteiger partial charge in [-0.15, -0.1) is 10.3 Å². The summed E-state index contributed by atoms with van der Waals surface area (Å²) in [4.78, 5) is 10.4. The molecule has 148 valence electrons. The predicted molar refractivity (Wildman–Crippen MR) is 112 cm³/mol. The molecule has 5 nitrogen and oxygen atoms in total. The van der Waals surface area contributed by atoms with Crippen molar-refractivity contribution in [2.45, 2.75) is 12.1 Å². The first-order valence-corrected chi connectivity index (χ1v) is 9.69. The number of aromatic nitrogens is 2. The Morgan fingerprint density at radius 1 is 0.800 bits per heavy atom. The number of hydrazone groups is 1. The molecule has 0 aliphatic carbocycles. The molecule has 1 aliphatic heterocycles. The summed E-state index contributed by atoms with van der Waals surface area (Å²) in [5.74, 6) is 0.202. The first-order chi connectivity index (χ1) is 14.8. The second-order valence-corrected chi connectivity index (χ2v) is 7.01. The molecule has 0 amide bonds. The average Bonchev–Trinajstić information content (AvgIpc) is 3.44. The smallest absolute Gasteiger partial charge is 0.157 e. The van der Waals surface area contributed by atoms with E-state index in [1.165, 1.54) is 12.1 Å². The lowest BCUT2D eigenvalue weighted by Gasteiger charge is -2.28. The zero-order valence-corrected chi connectivity index (χ0v) is 16.0. The number of nitrogens with zero attached hydrogens (tertiary/aromatic N) is 4. The third-order valence-corrected chi connectivity index (χ3v) is 5.09. The van der Waals surface area contributed by atoms with Crippen LogP contribution in [-0.4, -0.2) is 20.4 Å². The summed E-state index contributed by atoms with van der Waals surface area (Å²) in [6, 6.07) is 25.7. The van der Waals surface area contributed by atoms with E-state index < -0.39 is 0 Å². The molecule has 0 saturated heterocycles. The van der Waals surface area contributed by atoms with E-state index in [0.29, 0.717) is 5.75 Å². The second kappa shape index (κ2) is 7.83. The van der Waals surface area contributed by atoms with Crippen LogP contribution in [0.25, 0.3) is 0 Å². The van der Waals surface area contributed by atoms with Gasteiger partial charge in [0.1, 0.15) is 17.9 Å². The van der Waals surface area contributed by atoms with Crippen LogP contribution in [0.1, 0.15) is 23.2 Å². The van der Waals surface area contributed by atoms with Crippen LogP contribution in [0.2, 0.25) is 0 Å². The van der Waals surface area contributed by atoms with Gasteiger partial charge in [0.05, 0.1) is 12.0 Å². The molecule has 4 aromatic rings. The highest BCUT2D eigenvalue weighted by molar-refractivity contribution is 6.04. The van der Waals surface area contributed by atoms with Gasteiger partial charge in [-0.1, -0.05) is 60.7 Å². The Labute approximate surface area is 173 Å². The molecule has 6 heteroatoms. The second-order valence-electron chi connectivity index (χ2n) is 7.01. The van der Waals surface area contributed by atoms with Crippen LogP contribution >= 0.6 is 0 Å². The lowest BCUT2D eigenvalue weighted by Crippen LogP contribution is -2.30. The Morgan fingerprint density at radius 3 is 2.17 bits per heavy atom. The summed E-state index contributed by atoms with van der Waals surface area (Å²) in [5, 5.41) is 6.46. The van der Waals surface area contributed by atoms with Crippen LogP contribution in [0.3, 0.4) is 0 Å². The summed E-state index contributed by atoms with van der Waals surface area (Å²) >= 11 is 0. The lowest BCUT2D eigenvalue weighted by atomic mass is 9.93. The Morgan fingerprint density at radius 2 is 1.50 bits per heavy atom. The summed E-state index contributed by atoms with van der Waals surface area (Å²) in [5.41, 5.74) is 2.92. The van der Waals surface area contributed by atoms with E-state index in [-0.39, 0.29) is 17.9 Å². The van der Waals surface area contributed by atoms with Gasteiger partial charge in [0, 0.05) is 18.0 Å². The van der Waals surface area contributed by atoms with Gasteiger partial charge in [-0.3, -0.25) is 0 Å². The Bertz CT molecular complexity index is 1130. The molecule has 30 heavy (non-hydrogen) atoms. The monoisotopic (exact) mass is 398 g/mol. The molecule has 1 aromatic heterocycles. The number of imidazole rings is 1. The molecular formula is C24H19FN4O. The molecule has 2 heterocycles. The molecule has 0 spiro atoms. The third kappa shape index (κ3) is 3.43. The highest BCUT2D eigenvalue weighted by atomic mass is 19.1. The topological polar surface area (TPSA) is 42.6 Å². The largest absolute Gasteiger partial charge is 0.362 e. The van der Waals surface area contributed by atoms with E-state index in [0.717, 1.165) is 16.8 Å². The van der Waals surface area contributed by atoms with Crippen molar-refractivity contribution in [3.63, 3.8) is 0 Å². The minimum Gasteiger partial charge on any atom is -0.362 e. The maximum Gasteiger partial charge on any atom is 0.157 e. The van der Waals surface area contributed by atoms with Crippen LogP contribution in [0.5, 0.6) is 5.75 Å². The summed E-state index contributed by atoms with van der Waals surface area (Å²) < 4.78 is 15.4. The highest BCUT2D eigenvalue weighted by Crippen LogP contribution is 2.41.